The van der Waals surface area contributed by atoms with Gasteiger partial charge in [0.2, 0.25) is 5.91 Å². The van der Waals surface area contributed by atoms with Crippen LogP contribution in [0.2, 0.25) is 0 Å². The Balaban J connectivity index is 1.44. The standard InChI is InChI=1S/C19H25N3O2/c23-18-4-2-9-21(18)13-14-5-7-15(8-6-14)19(24)22-10-1-3-16-11-20-12-17(16)22/h5-8,16-17,20H,1-4,9-13H2/t16-,17+/m0/s1. The third-order valence-corrected chi connectivity index (χ3v) is 5.68. The number of benzene rings is 1. The lowest BCUT2D eigenvalue weighted by molar-refractivity contribution is -0.128. The van der Waals surface area contributed by atoms with Crippen LogP contribution in [0.1, 0.15) is 41.6 Å². The highest BCUT2D eigenvalue weighted by molar-refractivity contribution is 5.94. The van der Waals surface area contributed by atoms with Gasteiger partial charge in [0, 0.05) is 50.7 Å². The zero-order valence-corrected chi connectivity index (χ0v) is 14.0. The number of piperidine rings is 1. The number of likely N-dealkylation sites (tertiary alicyclic amines) is 2. The first-order valence-electron chi connectivity index (χ1n) is 9.11. The molecule has 2 atom stereocenters. The maximum Gasteiger partial charge on any atom is 0.254 e. The minimum absolute atomic E-state index is 0.150. The summed E-state index contributed by atoms with van der Waals surface area (Å²) in [6.45, 7) is 4.34. The van der Waals surface area contributed by atoms with Gasteiger partial charge >= 0.3 is 0 Å². The van der Waals surface area contributed by atoms with Gasteiger partial charge in [0.25, 0.3) is 5.91 Å². The highest BCUT2D eigenvalue weighted by Crippen LogP contribution is 2.27. The summed E-state index contributed by atoms with van der Waals surface area (Å²) in [6, 6.07) is 8.18. The van der Waals surface area contributed by atoms with Crippen LogP contribution < -0.4 is 5.32 Å². The number of hydrogen-bond donors (Lipinski definition) is 1. The van der Waals surface area contributed by atoms with Crippen molar-refractivity contribution in [2.45, 2.75) is 38.3 Å². The Morgan fingerprint density at radius 2 is 1.96 bits per heavy atom. The van der Waals surface area contributed by atoms with Crippen molar-refractivity contribution in [3.63, 3.8) is 0 Å². The molecular weight excluding hydrogens is 302 g/mol. The van der Waals surface area contributed by atoms with Gasteiger partial charge in [-0.3, -0.25) is 9.59 Å². The molecular formula is C19H25N3O2. The van der Waals surface area contributed by atoms with Gasteiger partial charge < -0.3 is 15.1 Å². The third-order valence-electron chi connectivity index (χ3n) is 5.68. The number of carbonyl (C=O) groups is 2. The van der Waals surface area contributed by atoms with E-state index in [1.807, 2.05) is 29.2 Å². The van der Waals surface area contributed by atoms with E-state index in [2.05, 4.69) is 10.2 Å². The van der Waals surface area contributed by atoms with Crippen LogP contribution in [0.4, 0.5) is 0 Å². The van der Waals surface area contributed by atoms with Gasteiger partial charge in [-0.1, -0.05) is 12.1 Å². The highest BCUT2D eigenvalue weighted by Gasteiger charge is 2.37. The van der Waals surface area contributed by atoms with E-state index in [-0.39, 0.29) is 11.8 Å². The molecule has 4 rings (SSSR count). The van der Waals surface area contributed by atoms with Gasteiger partial charge in [0.1, 0.15) is 0 Å². The predicted molar refractivity (Wildman–Crippen MR) is 91.5 cm³/mol. The zero-order valence-electron chi connectivity index (χ0n) is 14.0. The SMILES string of the molecule is O=C1CCCN1Cc1ccc(C(=O)N2CCC[C@H]3CNC[C@H]32)cc1. The molecule has 2 amide bonds. The summed E-state index contributed by atoms with van der Waals surface area (Å²) in [5.74, 6) is 1.00. The van der Waals surface area contributed by atoms with Crippen molar-refractivity contribution in [1.82, 2.24) is 15.1 Å². The van der Waals surface area contributed by atoms with Crippen molar-refractivity contribution in [2.24, 2.45) is 5.92 Å². The summed E-state index contributed by atoms with van der Waals surface area (Å²) in [7, 11) is 0. The fourth-order valence-corrected chi connectivity index (χ4v) is 4.33. The quantitative estimate of drug-likeness (QED) is 0.918. The van der Waals surface area contributed by atoms with E-state index in [0.29, 0.717) is 24.9 Å². The molecule has 0 aliphatic carbocycles. The maximum atomic E-state index is 12.9. The zero-order chi connectivity index (χ0) is 16.5. The van der Waals surface area contributed by atoms with Crippen molar-refractivity contribution >= 4 is 11.8 Å². The Morgan fingerprint density at radius 1 is 1.12 bits per heavy atom. The first kappa shape index (κ1) is 15.6. The van der Waals surface area contributed by atoms with E-state index in [9.17, 15) is 9.59 Å². The Labute approximate surface area is 143 Å². The first-order chi connectivity index (χ1) is 11.7. The van der Waals surface area contributed by atoms with Gasteiger partial charge in [-0.15, -0.1) is 0 Å². The van der Waals surface area contributed by atoms with Gasteiger partial charge in [-0.05, 0) is 42.9 Å². The van der Waals surface area contributed by atoms with Gasteiger partial charge in [-0.2, -0.15) is 0 Å². The second kappa shape index (κ2) is 6.55. The van der Waals surface area contributed by atoms with E-state index in [1.54, 1.807) is 0 Å². The van der Waals surface area contributed by atoms with Gasteiger partial charge in [0.15, 0.2) is 0 Å². The molecule has 3 aliphatic rings. The van der Waals surface area contributed by atoms with Crippen molar-refractivity contribution in [2.75, 3.05) is 26.2 Å². The number of rotatable bonds is 3. The van der Waals surface area contributed by atoms with E-state index < -0.39 is 0 Å². The summed E-state index contributed by atoms with van der Waals surface area (Å²) in [5.41, 5.74) is 1.86. The van der Waals surface area contributed by atoms with Crippen LogP contribution in [-0.4, -0.2) is 53.8 Å². The van der Waals surface area contributed by atoms with Crippen LogP contribution in [0.15, 0.2) is 24.3 Å². The number of fused-ring (bicyclic) bond motifs is 1. The largest absolute Gasteiger partial charge is 0.338 e. The second-order valence-corrected chi connectivity index (χ2v) is 7.24. The summed E-state index contributed by atoms with van der Waals surface area (Å²) in [6.07, 6.45) is 3.96. The minimum Gasteiger partial charge on any atom is -0.338 e. The molecule has 3 aliphatic heterocycles. The highest BCUT2D eigenvalue weighted by atomic mass is 16.2. The second-order valence-electron chi connectivity index (χ2n) is 7.24. The van der Waals surface area contributed by atoms with E-state index in [0.717, 1.165) is 50.1 Å². The molecule has 24 heavy (non-hydrogen) atoms. The summed E-state index contributed by atoms with van der Waals surface area (Å²) in [5, 5.41) is 3.42. The van der Waals surface area contributed by atoms with E-state index in [1.165, 1.54) is 6.42 Å². The van der Waals surface area contributed by atoms with Gasteiger partial charge in [0.05, 0.1) is 0 Å². The summed E-state index contributed by atoms with van der Waals surface area (Å²) >= 11 is 0. The molecule has 128 valence electrons. The lowest BCUT2D eigenvalue weighted by Gasteiger charge is -2.37. The molecule has 5 nitrogen and oxygen atoms in total. The number of carbonyl (C=O) groups excluding carboxylic acids is 2. The van der Waals surface area contributed by atoms with Crippen molar-refractivity contribution in [3.8, 4) is 0 Å². The first-order valence-corrected chi connectivity index (χ1v) is 9.11. The minimum atomic E-state index is 0.150. The Bertz CT molecular complexity index is 628. The predicted octanol–water partition coefficient (Wildman–Crippen LogP) is 1.63. The van der Waals surface area contributed by atoms with Gasteiger partial charge in [-0.25, -0.2) is 0 Å². The van der Waals surface area contributed by atoms with Crippen LogP contribution in [-0.2, 0) is 11.3 Å². The van der Waals surface area contributed by atoms with Crippen LogP contribution in [0.3, 0.4) is 0 Å². The summed E-state index contributed by atoms with van der Waals surface area (Å²) < 4.78 is 0. The molecule has 0 spiro atoms. The Kier molecular flexibility index (Phi) is 4.27. The fraction of sp³-hybridized carbons (Fsp3) is 0.579. The molecule has 0 bridgehead atoms. The molecule has 0 radical (unpaired) electrons. The molecule has 3 fully saturated rings. The Morgan fingerprint density at radius 3 is 2.71 bits per heavy atom. The van der Waals surface area contributed by atoms with Crippen LogP contribution in [0.5, 0.6) is 0 Å². The average molecular weight is 327 g/mol. The molecule has 1 N–H and O–H groups in total. The monoisotopic (exact) mass is 327 g/mol. The molecule has 5 heteroatoms. The Hall–Kier alpha value is -1.88. The molecule has 0 saturated carbocycles. The normalized spacial score (nSPS) is 26.8. The van der Waals surface area contributed by atoms with Crippen molar-refractivity contribution in [3.05, 3.63) is 35.4 Å². The number of nitrogens with zero attached hydrogens (tertiary/aromatic N) is 2. The molecule has 1 aromatic carbocycles. The summed E-state index contributed by atoms with van der Waals surface area (Å²) in [4.78, 5) is 28.6. The molecule has 3 heterocycles. The number of nitrogens with one attached hydrogen (secondary N) is 1. The molecule has 1 aromatic rings. The third kappa shape index (κ3) is 2.93. The lowest BCUT2D eigenvalue weighted by atomic mass is 9.91. The fourth-order valence-electron chi connectivity index (χ4n) is 4.33. The van der Waals surface area contributed by atoms with E-state index in [4.69, 9.17) is 0 Å². The topological polar surface area (TPSA) is 52.7 Å². The molecule has 0 aromatic heterocycles. The number of amides is 2. The maximum absolute atomic E-state index is 12.9. The van der Waals surface area contributed by atoms with Crippen LogP contribution >= 0.6 is 0 Å². The average Bonchev–Trinajstić information content (AvgIpc) is 3.24. The van der Waals surface area contributed by atoms with Crippen LogP contribution in [0, 0.1) is 5.92 Å². The molecule has 3 saturated heterocycles. The smallest absolute Gasteiger partial charge is 0.254 e. The van der Waals surface area contributed by atoms with Crippen molar-refractivity contribution < 1.29 is 9.59 Å². The van der Waals surface area contributed by atoms with Crippen molar-refractivity contribution in [1.29, 1.82) is 0 Å². The number of hydrogen-bond acceptors (Lipinski definition) is 3. The van der Waals surface area contributed by atoms with E-state index >= 15 is 0 Å². The lowest BCUT2D eigenvalue weighted by Crippen LogP contribution is -2.48. The van der Waals surface area contributed by atoms with Crippen LogP contribution in [0.25, 0.3) is 0 Å². The molecule has 0 unspecified atom stereocenters.